The van der Waals surface area contributed by atoms with Crippen LogP contribution in [0.3, 0.4) is 0 Å². The lowest BCUT2D eigenvalue weighted by molar-refractivity contribution is -0.0695. The molecular formula is C13H18O5. The van der Waals surface area contributed by atoms with E-state index in [-0.39, 0.29) is 18.0 Å². The van der Waals surface area contributed by atoms with E-state index in [1.54, 1.807) is 12.1 Å². The average Bonchev–Trinajstić information content (AvgIpc) is 2.88. The number of carbonyl (C=O) groups is 1. The van der Waals surface area contributed by atoms with Crippen molar-refractivity contribution in [2.75, 3.05) is 20.3 Å². The largest absolute Gasteiger partial charge is 0.463 e. The summed E-state index contributed by atoms with van der Waals surface area (Å²) in [6, 6.07) is 3.35. The molecule has 1 aliphatic rings. The zero-order valence-corrected chi connectivity index (χ0v) is 10.7. The van der Waals surface area contributed by atoms with Crippen molar-refractivity contribution >= 4 is 5.97 Å². The molecular weight excluding hydrogens is 236 g/mol. The number of carbonyl (C=O) groups excluding carboxylic acids is 1. The summed E-state index contributed by atoms with van der Waals surface area (Å²) in [4.78, 5) is 11.3. The van der Waals surface area contributed by atoms with Crippen LogP contribution in [0.15, 0.2) is 16.5 Å². The van der Waals surface area contributed by atoms with Gasteiger partial charge in [-0.25, -0.2) is 4.79 Å². The van der Waals surface area contributed by atoms with Crippen LogP contribution in [-0.2, 0) is 14.2 Å². The van der Waals surface area contributed by atoms with Gasteiger partial charge < -0.3 is 18.6 Å². The Morgan fingerprint density at radius 3 is 2.78 bits per heavy atom. The van der Waals surface area contributed by atoms with Crippen LogP contribution in [0.4, 0.5) is 0 Å². The molecule has 1 unspecified atom stereocenters. The highest BCUT2D eigenvalue weighted by atomic mass is 16.5. The summed E-state index contributed by atoms with van der Waals surface area (Å²) < 4.78 is 21.1. The fourth-order valence-electron chi connectivity index (χ4n) is 1.95. The molecule has 0 bridgehead atoms. The standard InChI is InChI=1S/C13H18O5/c1-9(17-10-5-7-16-8-6-10)11-3-4-12(18-11)13(14)15-2/h3-4,9-10H,5-8H2,1-2H3. The molecule has 0 radical (unpaired) electrons. The van der Waals surface area contributed by atoms with Crippen LogP contribution in [0.5, 0.6) is 0 Å². The van der Waals surface area contributed by atoms with E-state index in [0.717, 1.165) is 26.1 Å². The number of hydrogen-bond donors (Lipinski definition) is 0. The van der Waals surface area contributed by atoms with Gasteiger partial charge in [0.2, 0.25) is 5.76 Å². The Kier molecular flexibility index (Phi) is 4.38. The number of hydrogen-bond acceptors (Lipinski definition) is 5. The number of rotatable bonds is 4. The van der Waals surface area contributed by atoms with E-state index >= 15 is 0 Å². The molecule has 1 aliphatic heterocycles. The first kappa shape index (κ1) is 13.1. The van der Waals surface area contributed by atoms with Crippen molar-refractivity contribution < 1.29 is 23.4 Å². The van der Waals surface area contributed by atoms with Gasteiger partial charge in [0.25, 0.3) is 0 Å². The average molecular weight is 254 g/mol. The van der Waals surface area contributed by atoms with Crippen molar-refractivity contribution in [3.05, 3.63) is 23.7 Å². The van der Waals surface area contributed by atoms with Crippen molar-refractivity contribution in [3.8, 4) is 0 Å². The second-order valence-corrected chi connectivity index (χ2v) is 4.28. The Bertz CT molecular complexity index is 392. The third-order valence-corrected chi connectivity index (χ3v) is 2.98. The van der Waals surface area contributed by atoms with Crippen LogP contribution in [0.2, 0.25) is 0 Å². The smallest absolute Gasteiger partial charge is 0.373 e. The highest BCUT2D eigenvalue weighted by Gasteiger charge is 2.21. The van der Waals surface area contributed by atoms with E-state index in [9.17, 15) is 4.79 Å². The third-order valence-electron chi connectivity index (χ3n) is 2.98. The Labute approximate surface area is 106 Å². The molecule has 100 valence electrons. The van der Waals surface area contributed by atoms with E-state index in [4.69, 9.17) is 13.9 Å². The summed E-state index contributed by atoms with van der Waals surface area (Å²) in [6.45, 7) is 3.39. The van der Waals surface area contributed by atoms with Crippen molar-refractivity contribution in [2.45, 2.75) is 32.0 Å². The lowest BCUT2D eigenvalue weighted by Gasteiger charge is -2.25. The molecule has 1 aromatic heterocycles. The molecule has 0 spiro atoms. The predicted octanol–water partition coefficient (Wildman–Crippen LogP) is 2.32. The molecule has 0 amide bonds. The zero-order valence-electron chi connectivity index (χ0n) is 10.7. The molecule has 1 saturated heterocycles. The lowest BCUT2D eigenvalue weighted by Crippen LogP contribution is -2.24. The predicted molar refractivity (Wildman–Crippen MR) is 63.4 cm³/mol. The van der Waals surface area contributed by atoms with Gasteiger partial charge in [-0.1, -0.05) is 0 Å². The van der Waals surface area contributed by atoms with Gasteiger partial charge in [-0.2, -0.15) is 0 Å². The number of methoxy groups -OCH3 is 1. The van der Waals surface area contributed by atoms with Crippen molar-refractivity contribution in [1.82, 2.24) is 0 Å². The van der Waals surface area contributed by atoms with Crippen LogP contribution in [0, 0.1) is 0 Å². The summed E-state index contributed by atoms with van der Waals surface area (Å²) in [5, 5.41) is 0. The molecule has 0 aliphatic carbocycles. The van der Waals surface area contributed by atoms with Crippen LogP contribution in [-0.4, -0.2) is 32.4 Å². The summed E-state index contributed by atoms with van der Waals surface area (Å²) in [6.07, 6.45) is 1.82. The molecule has 1 aromatic rings. The van der Waals surface area contributed by atoms with Crippen LogP contribution in [0.25, 0.3) is 0 Å². The second kappa shape index (κ2) is 6.02. The molecule has 1 fully saturated rings. The first-order chi connectivity index (χ1) is 8.70. The SMILES string of the molecule is COC(=O)c1ccc(C(C)OC2CCOCC2)o1. The number of ether oxygens (including phenoxy) is 3. The number of esters is 1. The van der Waals surface area contributed by atoms with Crippen LogP contribution < -0.4 is 0 Å². The topological polar surface area (TPSA) is 57.9 Å². The van der Waals surface area contributed by atoms with Gasteiger partial charge >= 0.3 is 5.97 Å². The molecule has 2 rings (SSSR count). The van der Waals surface area contributed by atoms with Crippen molar-refractivity contribution in [2.24, 2.45) is 0 Å². The fraction of sp³-hybridized carbons (Fsp3) is 0.615. The molecule has 1 atom stereocenters. The zero-order chi connectivity index (χ0) is 13.0. The molecule has 5 nitrogen and oxygen atoms in total. The summed E-state index contributed by atoms with van der Waals surface area (Å²) in [7, 11) is 1.33. The summed E-state index contributed by atoms with van der Waals surface area (Å²) in [5.74, 6) is 0.372. The molecule has 0 saturated carbocycles. The lowest BCUT2D eigenvalue weighted by atomic mass is 10.1. The van der Waals surface area contributed by atoms with E-state index < -0.39 is 5.97 Å². The van der Waals surface area contributed by atoms with Crippen LogP contribution in [0.1, 0.15) is 42.2 Å². The summed E-state index contributed by atoms with van der Waals surface area (Å²) in [5.41, 5.74) is 0. The van der Waals surface area contributed by atoms with Gasteiger partial charge in [-0.05, 0) is 31.9 Å². The number of furan rings is 1. The minimum Gasteiger partial charge on any atom is -0.463 e. The van der Waals surface area contributed by atoms with E-state index in [2.05, 4.69) is 4.74 Å². The van der Waals surface area contributed by atoms with E-state index in [1.807, 2.05) is 6.92 Å². The van der Waals surface area contributed by atoms with Crippen LogP contribution >= 0.6 is 0 Å². The molecule has 0 aromatic carbocycles. The first-order valence-electron chi connectivity index (χ1n) is 6.12. The quantitative estimate of drug-likeness (QED) is 0.772. The summed E-state index contributed by atoms with van der Waals surface area (Å²) >= 11 is 0. The Hall–Kier alpha value is -1.33. The second-order valence-electron chi connectivity index (χ2n) is 4.28. The van der Waals surface area contributed by atoms with Gasteiger partial charge in [-0.3, -0.25) is 0 Å². The fourth-order valence-corrected chi connectivity index (χ4v) is 1.95. The van der Waals surface area contributed by atoms with Crippen molar-refractivity contribution in [3.63, 3.8) is 0 Å². The molecule has 18 heavy (non-hydrogen) atoms. The van der Waals surface area contributed by atoms with Crippen molar-refractivity contribution in [1.29, 1.82) is 0 Å². The maximum Gasteiger partial charge on any atom is 0.373 e. The van der Waals surface area contributed by atoms with E-state index in [0.29, 0.717) is 5.76 Å². The monoisotopic (exact) mass is 254 g/mol. The third kappa shape index (κ3) is 3.11. The Morgan fingerprint density at radius 1 is 1.39 bits per heavy atom. The normalized spacial score (nSPS) is 18.6. The maximum atomic E-state index is 11.3. The maximum absolute atomic E-state index is 11.3. The van der Waals surface area contributed by atoms with Gasteiger partial charge in [0.1, 0.15) is 11.9 Å². The Morgan fingerprint density at radius 2 is 2.11 bits per heavy atom. The highest BCUT2D eigenvalue weighted by Crippen LogP contribution is 2.24. The molecule has 0 N–H and O–H groups in total. The van der Waals surface area contributed by atoms with E-state index in [1.165, 1.54) is 7.11 Å². The van der Waals surface area contributed by atoms with Gasteiger partial charge in [0.15, 0.2) is 0 Å². The first-order valence-corrected chi connectivity index (χ1v) is 6.12. The highest BCUT2D eigenvalue weighted by molar-refractivity contribution is 5.86. The van der Waals surface area contributed by atoms with Gasteiger partial charge in [0.05, 0.1) is 13.2 Å². The minimum atomic E-state index is -0.473. The van der Waals surface area contributed by atoms with Gasteiger partial charge in [-0.15, -0.1) is 0 Å². The molecule has 2 heterocycles. The van der Waals surface area contributed by atoms with Gasteiger partial charge in [0, 0.05) is 13.2 Å². The minimum absolute atomic E-state index is 0.175. The Balaban J connectivity index is 1.93. The molecule has 5 heteroatoms.